The third kappa shape index (κ3) is 2.71. The van der Waals surface area contributed by atoms with Crippen LogP contribution in [0.25, 0.3) is 0 Å². The molecule has 0 aliphatic heterocycles. The number of rotatable bonds is 6. The van der Waals surface area contributed by atoms with Crippen molar-refractivity contribution >= 4 is 0 Å². The maximum Gasteiger partial charge on any atom is 0.120 e. The molecular formula is C16H25NO2. The average molecular weight is 263 g/mol. The van der Waals surface area contributed by atoms with E-state index < -0.39 is 0 Å². The number of hydrogen-bond donors (Lipinski definition) is 1. The highest BCUT2D eigenvalue weighted by atomic mass is 16.5. The van der Waals surface area contributed by atoms with Gasteiger partial charge in [0.15, 0.2) is 0 Å². The second kappa shape index (κ2) is 5.83. The summed E-state index contributed by atoms with van der Waals surface area (Å²) in [6.07, 6.45) is 2.52. The lowest BCUT2D eigenvalue weighted by atomic mass is 9.61. The van der Waals surface area contributed by atoms with E-state index in [4.69, 9.17) is 9.47 Å². The Labute approximate surface area is 116 Å². The Bertz CT molecular complexity index is 404. The van der Waals surface area contributed by atoms with Crippen LogP contribution in [-0.4, -0.2) is 25.8 Å². The van der Waals surface area contributed by atoms with E-state index in [-0.39, 0.29) is 5.41 Å². The zero-order valence-corrected chi connectivity index (χ0v) is 12.4. The van der Waals surface area contributed by atoms with Gasteiger partial charge in [-0.25, -0.2) is 0 Å². The predicted octanol–water partition coefficient (Wildman–Crippen LogP) is 3.24. The molecule has 106 valence electrons. The van der Waals surface area contributed by atoms with Crippen molar-refractivity contribution in [3.05, 3.63) is 24.3 Å². The van der Waals surface area contributed by atoms with Gasteiger partial charge in [-0.15, -0.1) is 0 Å². The van der Waals surface area contributed by atoms with E-state index in [1.807, 2.05) is 24.3 Å². The Balaban J connectivity index is 1.99. The Hall–Kier alpha value is -1.22. The van der Waals surface area contributed by atoms with Crippen LogP contribution in [0, 0.1) is 5.41 Å². The molecule has 1 N–H and O–H groups in total. The predicted molar refractivity (Wildman–Crippen MR) is 77.9 cm³/mol. The number of nitrogens with one attached hydrogen (secondary N) is 1. The molecule has 1 aliphatic rings. The average Bonchev–Trinajstić information content (AvgIpc) is 2.46. The van der Waals surface area contributed by atoms with E-state index >= 15 is 0 Å². The Kier molecular flexibility index (Phi) is 4.35. The first-order valence-corrected chi connectivity index (χ1v) is 7.18. The molecule has 1 saturated carbocycles. The van der Waals surface area contributed by atoms with E-state index in [9.17, 15) is 0 Å². The molecule has 1 aliphatic carbocycles. The van der Waals surface area contributed by atoms with Gasteiger partial charge in [0.2, 0.25) is 0 Å². The van der Waals surface area contributed by atoms with Crippen molar-refractivity contribution in [2.45, 2.75) is 45.8 Å². The first-order valence-electron chi connectivity index (χ1n) is 7.18. The van der Waals surface area contributed by atoms with Gasteiger partial charge in [-0.2, -0.15) is 0 Å². The Morgan fingerprint density at radius 1 is 1.21 bits per heavy atom. The molecule has 3 atom stereocenters. The smallest absolute Gasteiger partial charge is 0.120 e. The van der Waals surface area contributed by atoms with Gasteiger partial charge in [0.25, 0.3) is 0 Å². The molecule has 0 bridgehead atoms. The van der Waals surface area contributed by atoms with Gasteiger partial charge in [-0.05, 0) is 37.2 Å². The molecule has 0 spiro atoms. The standard InChI is InChI=1S/C16H25NO2/c1-5-16(3)14(17-6-2)11-15(16)19-13-9-7-12(18-4)8-10-13/h7-10,14-15,17H,5-6,11H2,1-4H3. The highest BCUT2D eigenvalue weighted by Gasteiger charge is 2.51. The lowest BCUT2D eigenvalue weighted by Crippen LogP contribution is -2.63. The number of benzene rings is 1. The van der Waals surface area contributed by atoms with Gasteiger partial charge in [-0.1, -0.05) is 20.8 Å². The molecule has 3 heteroatoms. The fourth-order valence-electron chi connectivity index (χ4n) is 2.85. The maximum absolute atomic E-state index is 6.14. The molecule has 1 aromatic rings. The second-order valence-corrected chi connectivity index (χ2v) is 5.49. The molecule has 1 fully saturated rings. The second-order valence-electron chi connectivity index (χ2n) is 5.49. The first kappa shape index (κ1) is 14.2. The summed E-state index contributed by atoms with van der Waals surface area (Å²) >= 11 is 0. The highest BCUT2D eigenvalue weighted by molar-refractivity contribution is 5.31. The summed E-state index contributed by atoms with van der Waals surface area (Å²) < 4.78 is 11.3. The monoisotopic (exact) mass is 263 g/mol. The summed E-state index contributed by atoms with van der Waals surface area (Å²) in [5, 5.41) is 3.56. The SMILES string of the molecule is CCNC1CC(Oc2ccc(OC)cc2)C1(C)CC. The van der Waals surface area contributed by atoms with Crippen LogP contribution in [0.3, 0.4) is 0 Å². The number of methoxy groups -OCH3 is 1. The van der Waals surface area contributed by atoms with E-state index in [1.165, 1.54) is 0 Å². The highest BCUT2D eigenvalue weighted by Crippen LogP contribution is 2.46. The van der Waals surface area contributed by atoms with Gasteiger partial charge < -0.3 is 14.8 Å². The minimum absolute atomic E-state index is 0.232. The summed E-state index contributed by atoms with van der Waals surface area (Å²) in [6.45, 7) is 7.75. The van der Waals surface area contributed by atoms with Crippen molar-refractivity contribution in [1.29, 1.82) is 0 Å². The number of hydrogen-bond acceptors (Lipinski definition) is 3. The summed E-state index contributed by atoms with van der Waals surface area (Å²) in [7, 11) is 1.68. The summed E-state index contributed by atoms with van der Waals surface area (Å²) in [6, 6.07) is 8.43. The molecule has 0 aromatic heterocycles. The van der Waals surface area contributed by atoms with Crippen molar-refractivity contribution in [3.63, 3.8) is 0 Å². The molecule has 19 heavy (non-hydrogen) atoms. The zero-order chi connectivity index (χ0) is 13.9. The van der Waals surface area contributed by atoms with Gasteiger partial charge in [-0.3, -0.25) is 0 Å². The summed E-state index contributed by atoms with van der Waals surface area (Å²) in [5.74, 6) is 1.80. The molecule has 3 unspecified atom stereocenters. The van der Waals surface area contributed by atoms with Crippen LogP contribution in [0.1, 0.15) is 33.6 Å². The van der Waals surface area contributed by atoms with E-state index in [0.717, 1.165) is 30.9 Å². The van der Waals surface area contributed by atoms with Crippen molar-refractivity contribution in [2.75, 3.05) is 13.7 Å². The molecule has 0 amide bonds. The number of ether oxygens (including phenoxy) is 2. The van der Waals surface area contributed by atoms with Crippen LogP contribution in [0.15, 0.2) is 24.3 Å². The first-order chi connectivity index (χ1) is 9.13. The lowest BCUT2D eigenvalue weighted by Gasteiger charge is -2.53. The minimum Gasteiger partial charge on any atom is -0.497 e. The topological polar surface area (TPSA) is 30.5 Å². The van der Waals surface area contributed by atoms with Crippen molar-refractivity contribution in [2.24, 2.45) is 5.41 Å². The fourth-order valence-corrected chi connectivity index (χ4v) is 2.85. The minimum atomic E-state index is 0.232. The van der Waals surface area contributed by atoms with Gasteiger partial charge in [0, 0.05) is 17.9 Å². The third-order valence-corrected chi connectivity index (χ3v) is 4.53. The summed E-state index contributed by atoms with van der Waals surface area (Å²) in [5.41, 5.74) is 0.232. The molecule has 0 heterocycles. The van der Waals surface area contributed by atoms with E-state index in [1.54, 1.807) is 7.11 Å². The summed E-state index contributed by atoms with van der Waals surface area (Å²) in [4.78, 5) is 0. The van der Waals surface area contributed by atoms with Gasteiger partial charge >= 0.3 is 0 Å². The van der Waals surface area contributed by atoms with Crippen LogP contribution in [0.2, 0.25) is 0 Å². The van der Waals surface area contributed by atoms with Crippen LogP contribution in [0.5, 0.6) is 11.5 Å². The zero-order valence-electron chi connectivity index (χ0n) is 12.4. The van der Waals surface area contributed by atoms with Crippen LogP contribution in [0.4, 0.5) is 0 Å². The third-order valence-electron chi connectivity index (χ3n) is 4.53. The van der Waals surface area contributed by atoms with Crippen molar-refractivity contribution in [3.8, 4) is 11.5 Å². The maximum atomic E-state index is 6.14. The van der Waals surface area contributed by atoms with Gasteiger partial charge in [0.05, 0.1) is 7.11 Å². The largest absolute Gasteiger partial charge is 0.497 e. The van der Waals surface area contributed by atoms with Crippen LogP contribution < -0.4 is 14.8 Å². The molecule has 2 rings (SSSR count). The van der Waals surface area contributed by atoms with Gasteiger partial charge in [0.1, 0.15) is 17.6 Å². The van der Waals surface area contributed by atoms with Crippen LogP contribution >= 0.6 is 0 Å². The molecule has 1 aromatic carbocycles. The molecular weight excluding hydrogens is 238 g/mol. The Morgan fingerprint density at radius 3 is 2.37 bits per heavy atom. The van der Waals surface area contributed by atoms with E-state index in [2.05, 4.69) is 26.1 Å². The van der Waals surface area contributed by atoms with Crippen LogP contribution in [-0.2, 0) is 0 Å². The quantitative estimate of drug-likeness (QED) is 0.854. The fraction of sp³-hybridized carbons (Fsp3) is 0.625. The normalized spacial score (nSPS) is 29.7. The Morgan fingerprint density at radius 2 is 1.84 bits per heavy atom. The lowest BCUT2D eigenvalue weighted by molar-refractivity contribution is -0.0697. The van der Waals surface area contributed by atoms with E-state index in [0.29, 0.717) is 12.1 Å². The molecule has 0 radical (unpaired) electrons. The molecule has 0 saturated heterocycles. The molecule has 3 nitrogen and oxygen atoms in total. The van der Waals surface area contributed by atoms with Crippen molar-refractivity contribution < 1.29 is 9.47 Å². The van der Waals surface area contributed by atoms with Crippen molar-refractivity contribution in [1.82, 2.24) is 5.32 Å².